The van der Waals surface area contributed by atoms with Crippen LogP contribution < -0.4 is 5.73 Å². The first-order chi connectivity index (χ1) is 6.29. The van der Waals surface area contributed by atoms with Gasteiger partial charge in [0.05, 0.1) is 0 Å². The lowest BCUT2D eigenvalue weighted by Crippen LogP contribution is -2.21. The quantitative estimate of drug-likeness (QED) is 0.897. The van der Waals surface area contributed by atoms with Gasteiger partial charge in [0.2, 0.25) is 0 Å². The van der Waals surface area contributed by atoms with Crippen LogP contribution in [0.4, 0.5) is 0 Å². The van der Waals surface area contributed by atoms with Gasteiger partial charge in [0.25, 0.3) is 0 Å². The molecule has 1 aromatic rings. The molecule has 72 valence electrons. The fourth-order valence-corrected chi connectivity index (χ4v) is 4.55. The Morgan fingerprint density at radius 2 is 2.38 bits per heavy atom. The molecule has 1 saturated heterocycles. The molecule has 1 aromatic heterocycles. The first-order valence-corrected chi connectivity index (χ1v) is 7.16. The molecule has 2 rings (SSSR count). The molecule has 0 bridgehead atoms. The van der Waals surface area contributed by atoms with Gasteiger partial charge in [-0.15, -0.1) is 0 Å². The zero-order valence-electron chi connectivity index (χ0n) is 7.20. The van der Waals surface area contributed by atoms with Gasteiger partial charge in [0.15, 0.2) is 0 Å². The van der Waals surface area contributed by atoms with Crippen LogP contribution in [0.5, 0.6) is 0 Å². The Labute approximate surface area is 95.2 Å². The monoisotopic (exact) mass is 277 g/mol. The lowest BCUT2D eigenvalue weighted by atomic mass is 10.1. The second-order valence-electron chi connectivity index (χ2n) is 3.25. The van der Waals surface area contributed by atoms with Crippen LogP contribution in [-0.4, -0.2) is 11.0 Å². The summed E-state index contributed by atoms with van der Waals surface area (Å²) in [5.74, 6) is 1.28. The zero-order valence-corrected chi connectivity index (χ0v) is 10.4. The van der Waals surface area contributed by atoms with Crippen molar-refractivity contribution in [2.75, 3.05) is 5.75 Å². The lowest BCUT2D eigenvalue weighted by Gasteiger charge is -2.17. The summed E-state index contributed by atoms with van der Waals surface area (Å²) in [7, 11) is 0. The Morgan fingerprint density at radius 1 is 1.54 bits per heavy atom. The fourth-order valence-electron chi connectivity index (χ4n) is 1.62. The lowest BCUT2D eigenvalue weighted by molar-refractivity contribution is 0.645. The normalized spacial score (nSPS) is 24.9. The topological polar surface area (TPSA) is 26.0 Å². The van der Waals surface area contributed by atoms with Crippen molar-refractivity contribution in [3.05, 3.63) is 20.8 Å². The third-order valence-electron chi connectivity index (χ3n) is 2.37. The number of hydrogen-bond donors (Lipinski definition) is 1. The molecule has 2 unspecified atom stereocenters. The fraction of sp³-hybridized carbons (Fsp3) is 0.556. The third kappa shape index (κ3) is 2.12. The molecule has 4 heteroatoms. The minimum Gasteiger partial charge on any atom is -0.323 e. The van der Waals surface area contributed by atoms with Gasteiger partial charge in [-0.05, 0) is 45.5 Å². The van der Waals surface area contributed by atoms with E-state index < -0.39 is 0 Å². The van der Waals surface area contributed by atoms with E-state index in [1.54, 1.807) is 11.3 Å². The second-order valence-corrected chi connectivity index (χ2v) is 6.20. The van der Waals surface area contributed by atoms with Gasteiger partial charge in [-0.2, -0.15) is 23.1 Å². The van der Waals surface area contributed by atoms with E-state index in [2.05, 4.69) is 26.7 Å². The molecule has 1 aliphatic heterocycles. The molecule has 1 fully saturated rings. The Kier molecular flexibility index (Phi) is 3.35. The molecule has 2 heterocycles. The summed E-state index contributed by atoms with van der Waals surface area (Å²) in [5, 5.41) is 4.90. The van der Waals surface area contributed by atoms with Gasteiger partial charge < -0.3 is 5.73 Å². The van der Waals surface area contributed by atoms with Crippen molar-refractivity contribution in [1.82, 2.24) is 0 Å². The molecule has 0 spiro atoms. The molecule has 0 aromatic carbocycles. The van der Waals surface area contributed by atoms with Gasteiger partial charge in [-0.3, -0.25) is 0 Å². The molecule has 0 saturated carbocycles. The summed E-state index contributed by atoms with van der Waals surface area (Å²) in [6.07, 6.45) is 2.60. The number of rotatable bonds is 2. The first-order valence-electron chi connectivity index (χ1n) is 4.38. The summed E-state index contributed by atoms with van der Waals surface area (Å²) < 4.78 is 1.18. The molecule has 0 aliphatic carbocycles. The van der Waals surface area contributed by atoms with Crippen molar-refractivity contribution >= 4 is 39.0 Å². The third-order valence-corrected chi connectivity index (χ3v) is 5.60. The number of hydrogen-bond acceptors (Lipinski definition) is 3. The summed E-state index contributed by atoms with van der Waals surface area (Å²) >= 11 is 7.27. The Balaban J connectivity index is 2.12. The van der Waals surface area contributed by atoms with Gasteiger partial charge in [0, 0.05) is 21.1 Å². The van der Waals surface area contributed by atoms with E-state index in [1.807, 2.05) is 11.8 Å². The van der Waals surface area contributed by atoms with Crippen LogP contribution >= 0.6 is 39.0 Å². The Morgan fingerprint density at radius 3 is 2.92 bits per heavy atom. The molecule has 1 nitrogen and oxygen atoms in total. The number of thiophene rings is 1. The minimum absolute atomic E-state index is 0.216. The highest BCUT2D eigenvalue weighted by Crippen LogP contribution is 2.37. The largest absolute Gasteiger partial charge is 0.323 e. The standard InChI is InChI=1S/C9H12BrNS2/c10-7-5-12-4-6(7)9(11)8-2-1-3-13-8/h4-5,8-9H,1-3,11H2. The summed E-state index contributed by atoms with van der Waals surface area (Å²) in [4.78, 5) is 0. The van der Waals surface area contributed by atoms with Crippen LogP contribution in [0.15, 0.2) is 15.2 Å². The molecule has 13 heavy (non-hydrogen) atoms. The SMILES string of the molecule is NC(c1cscc1Br)C1CCCS1. The van der Waals surface area contributed by atoms with E-state index in [0.29, 0.717) is 5.25 Å². The molecular formula is C9H12BrNS2. The second kappa shape index (κ2) is 4.34. The van der Waals surface area contributed by atoms with Crippen molar-refractivity contribution in [3.63, 3.8) is 0 Å². The molecule has 2 N–H and O–H groups in total. The van der Waals surface area contributed by atoms with Crippen molar-refractivity contribution in [2.24, 2.45) is 5.73 Å². The molecule has 0 amide bonds. The summed E-state index contributed by atoms with van der Waals surface area (Å²) in [5.41, 5.74) is 7.48. The Hall–Kier alpha value is 0.490. The van der Waals surface area contributed by atoms with Gasteiger partial charge >= 0.3 is 0 Å². The predicted octanol–water partition coefficient (Wildman–Crippen LogP) is 3.41. The average molecular weight is 278 g/mol. The summed E-state index contributed by atoms with van der Waals surface area (Å²) in [6, 6.07) is 0.216. The maximum Gasteiger partial charge on any atom is 0.0435 e. The number of thioether (sulfide) groups is 1. The van der Waals surface area contributed by atoms with Gasteiger partial charge in [-0.25, -0.2) is 0 Å². The smallest absolute Gasteiger partial charge is 0.0435 e. The molecule has 0 radical (unpaired) electrons. The van der Waals surface area contributed by atoms with Crippen LogP contribution in [-0.2, 0) is 0 Å². The first kappa shape index (κ1) is 10.0. The van der Waals surface area contributed by atoms with E-state index in [1.165, 1.54) is 28.6 Å². The van der Waals surface area contributed by atoms with E-state index in [-0.39, 0.29) is 6.04 Å². The van der Waals surface area contributed by atoms with E-state index >= 15 is 0 Å². The van der Waals surface area contributed by atoms with Crippen LogP contribution in [0.1, 0.15) is 24.4 Å². The van der Waals surface area contributed by atoms with Crippen molar-refractivity contribution in [3.8, 4) is 0 Å². The van der Waals surface area contributed by atoms with E-state index in [9.17, 15) is 0 Å². The maximum atomic E-state index is 6.20. The van der Waals surface area contributed by atoms with Gasteiger partial charge in [0.1, 0.15) is 0 Å². The van der Waals surface area contributed by atoms with Crippen LogP contribution in [0.3, 0.4) is 0 Å². The van der Waals surface area contributed by atoms with Gasteiger partial charge in [-0.1, -0.05) is 0 Å². The van der Waals surface area contributed by atoms with Crippen molar-refractivity contribution < 1.29 is 0 Å². The maximum absolute atomic E-state index is 6.20. The van der Waals surface area contributed by atoms with Crippen molar-refractivity contribution in [2.45, 2.75) is 24.1 Å². The number of nitrogens with two attached hydrogens (primary N) is 1. The van der Waals surface area contributed by atoms with Crippen LogP contribution in [0.2, 0.25) is 0 Å². The highest BCUT2D eigenvalue weighted by molar-refractivity contribution is 9.10. The number of halogens is 1. The average Bonchev–Trinajstić information content (AvgIpc) is 2.72. The summed E-state index contributed by atoms with van der Waals surface area (Å²) in [6.45, 7) is 0. The molecular weight excluding hydrogens is 266 g/mol. The Bertz CT molecular complexity index is 281. The highest BCUT2D eigenvalue weighted by atomic mass is 79.9. The van der Waals surface area contributed by atoms with Crippen LogP contribution in [0.25, 0.3) is 0 Å². The predicted molar refractivity (Wildman–Crippen MR) is 64.4 cm³/mol. The van der Waals surface area contributed by atoms with E-state index in [4.69, 9.17) is 5.73 Å². The highest BCUT2D eigenvalue weighted by Gasteiger charge is 2.25. The van der Waals surface area contributed by atoms with E-state index in [0.717, 1.165) is 0 Å². The molecule has 1 aliphatic rings. The zero-order chi connectivity index (χ0) is 9.26. The minimum atomic E-state index is 0.216. The molecule has 2 atom stereocenters. The van der Waals surface area contributed by atoms with Crippen molar-refractivity contribution in [1.29, 1.82) is 0 Å². The van der Waals surface area contributed by atoms with Crippen LogP contribution in [0, 0.1) is 0 Å².